The van der Waals surface area contributed by atoms with E-state index in [0.29, 0.717) is 10.7 Å². The molecule has 112 valence electrons. The Labute approximate surface area is 141 Å². The molecule has 0 saturated carbocycles. The van der Waals surface area contributed by atoms with Crippen molar-refractivity contribution < 1.29 is 9.59 Å². The van der Waals surface area contributed by atoms with Crippen LogP contribution in [0.5, 0.6) is 0 Å². The lowest BCUT2D eigenvalue weighted by molar-refractivity contribution is -0.121. The summed E-state index contributed by atoms with van der Waals surface area (Å²) in [6.45, 7) is 0. The lowest BCUT2D eigenvalue weighted by atomic mass is 10.2. The molecule has 1 aliphatic heterocycles. The fraction of sp³-hybridized carbons (Fsp3) is 0.125. The Kier molecular flexibility index (Phi) is 4.18. The molecule has 6 heteroatoms. The van der Waals surface area contributed by atoms with Crippen molar-refractivity contribution in [3.63, 3.8) is 0 Å². The molecule has 1 atom stereocenters. The highest BCUT2D eigenvalue weighted by molar-refractivity contribution is 9.10. The molecule has 0 unspecified atom stereocenters. The minimum atomic E-state index is -0.568. The Morgan fingerprint density at radius 1 is 1.09 bits per heavy atom. The molecule has 2 amide bonds. The molecule has 1 aliphatic rings. The number of amides is 2. The summed E-state index contributed by atoms with van der Waals surface area (Å²) in [6.07, 6.45) is 0.128. The van der Waals surface area contributed by atoms with Crippen LogP contribution in [-0.2, 0) is 9.59 Å². The lowest BCUT2D eigenvalue weighted by Crippen LogP contribution is -2.34. The van der Waals surface area contributed by atoms with E-state index in [2.05, 4.69) is 21.2 Å². The normalized spacial score (nSPS) is 17.9. The SMILES string of the molecule is O=C1C[C@H](Nc2ccccc2Br)C(=O)N1c1ccc(Cl)cc1. The Bertz CT molecular complexity index is 733. The molecule has 2 aromatic carbocycles. The summed E-state index contributed by atoms with van der Waals surface area (Å²) >= 11 is 9.26. The predicted octanol–water partition coefficient (Wildman–Crippen LogP) is 3.85. The van der Waals surface area contributed by atoms with Gasteiger partial charge in [0.15, 0.2) is 0 Å². The Morgan fingerprint density at radius 2 is 1.77 bits per heavy atom. The molecular formula is C16H12BrClN2O2. The maximum absolute atomic E-state index is 12.5. The third kappa shape index (κ3) is 2.87. The maximum Gasteiger partial charge on any atom is 0.256 e. The van der Waals surface area contributed by atoms with Crippen LogP contribution in [0.3, 0.4) is 0 Å². The van der Waals surface area contributed by atoms with E-state index >= 15 is 0 Å². The van der Waals surface area contributed by atoms with E-state index in [0.717, 1.165) is 10.2 Å². The van der Waals surface area contributed by atoms with Gasteiger partial charge in [0.1, 0.15) is 6.04 Å². The Morgan fingerprint density at radius 3 is 2.45 bits per heavy atom. The van der Waals surface area contributed by atoms with Crippen LogP contribution in [0, 0.1) is 0 Å². The third-order valence-electron chi connectivity index (χ3n) is 3.44. The first-order valence-electron chi connectivity index (χ1n) is 6.69. The fourth-order valence-electron chi connectivity index (χ4n) is 2.37. The van der Waals surface area contributed by atoms with Gasteiger partial charge in [-0.05, 0) is 52.3 Å². The molecule has 0 aromatic heterocycles. The second-order valence-electron chi connectivity index (χ2n) is 4.92. The molecule has 4 nitrogen and oxygen atoms in total. The quantitative estimate of drug-likeness (QED) is 0.824. The van der Waals surface area contributed by atoms with Crippen LogP contribution < -0.4 is 10.2 Å². The van der Waals surface area contributed by atoms with Crippen molar-refractivity contribution in [2.45, 2.75) is 12.5 Å². The number of nitrogens with zero attached hydrogens (tertiary/aromatic N) is 1. The second-order valence-corrected chi connectivity index (χ2v) is 6.22. The van der Waals surface area contributed by atoms with Crippen LogP contribution in [0.4, 0.5) is 11.4 Å². The van der Waals surface area contributed by atoms with Crippen molar-refractivity contribution in [3.05, 3.63) is 58.0 Å². The van der Waals surface area contributed by atoms with E-state index in [1.807, 2.05) is 24.3 Å². The average Bonchev–Trinajstić information content (AvgIpc) is 2.77. The minimum Gasteiger partial charge on any atom is -0.372 e. The number of anilines is 2. The minimum absolute atomic E-state index is 0.128. The van der Waals surface area contributed by atoms with Gasteiger partial charge in [-0.15, -0.1) is 0 Å². The summed E-state index contributed by atoms with van der Waals surface area (Å²) in [4.78, 5) is 25.9. The largest absolute Gasteiger partial charge is 0.372 e. The van der Waals surface area contributed by atoms with Crippen LogP contribution in [0.2, 0.25) is 5.02 Å². The molecule has 2 aromatic rings. The number of benzene rings is 2. The van der Waals surface area contributed by atoms with Gasteiger partial charge >= 0.3 is 0 Å². The van der Waals surface area contributed by atoms with E-state index in [4.69, 9.17) is 11.6 Å². The van der Waals surface area contributed by atoms with Crippen molar-refractivity contribution in [1.29, 1.82) is 0 Å². The standard InChI is InChI=1S/C16H12BrClN2O2/c17-12-3-1-2-4-13(12)19-14-9-15(21)20(16(14)22)11-7-5-10(18)6-8-11/h1-8,14,19H,9H2/t14-/m0/s1. The van der Waals surface area contributed by atoms with Crippen molar-refractivity contribution in [2.24, 2.45) is 0 Å². The van der Waals surface area contributed by atoms with Crippen molar-refractivity contribution in [1.82, 2.24) is 0 Å². The first-order valence-corrected chi connectivity index (χ1v) is 7.87. The molecule has 1 N–H and O–H groups in total. The number of para-hydroxylation sites is 1. The molecule has 0 radical (unpaired) electrons. The number of hydrogen-bond donors (Lipinski definition) is 1. The van der Waals surface area contributed by atoms with Gasteiger partial charge in [0.05, 0.1) is 12.1 Å². The van der Waals surface area contributed by atoms with Crippen LogP contribution >= 0.6 is 27.5 Å². The topological polar surface area (TPSA) is 49.4 Å². The van der Waals surface area contributed by atoms with Crippen molar-refractivity contribution >= 4 is 50.7 Å². The zero-order valence-electron chi connectivity index (χ0n) is 11.4. The van der Waals surface area contributed by atoms with Gasteiger partial charge in [0, 0.05) is 15.2 Å². The zero-order valence-corrected chi connectivity index (χ0v) is 13.8. The van der Waals surface area contributed by atoms with Crippen LogP contribution in [0.15, 0.2) is 53.0 Å². The first kappa shape index (κ1) is 15.1. The Hall–Kier alpha value is -1.85. The molecular weight excluding hydrogens is 368 g/mol. The number of halogens is 2. The van der Waals surface area contributed by atoms with E-state index < -0.39 is 6.04 Å². The highest BCUT2D eigenvalue weighted by atomic mass is 79.9. The first-order chi connectivity index (χ1) is 10.6. The van der Waals surface area contributed by atoms with Gasteiger partial charge < -0.3 is 5.32 Å². The summed E-state index contributed by atoms with van der Waals surface area (Å²) in [5.74, 6) is -0.486. The predicted molar refractivity (Wildman–Crippen MR) is 90.1 cm³/mol. The molecule has 22 heavy (non-hydrogen) atoms. The summed E-state index contributed by atoms with van der Waals surface area (Å²) in [5.41, 5.74) is 1.32. The monoisotopic (exact) mass is 378 g/mol. The molecule has 3 rings (SSSR count). The van der Waals surface area contributed by atoms with Gasteiger partial charge in [-0.1, -0.05) is 23.7 Å². The van der Waals surface area contributed by atoms with Crippen molar-refractivity contribution in [3.8, 4) is 0 Å². The highest BCUT2D eigenvalue weighted by Crippen LogP contribution is 2.28. The number of nitrogens with one attached hydrogen (secondary N) is 1. The van der Waals surface area contributed by atoms with Gasteiger partial charge in [0.2, 0.25) is 5.91 Å². The summed E-state index contributed by atoms with van der Waals surface area (Å²) in [5, 5.41) is 3.68. The molecule has 1 saturated heterocycles. The number of carbonyl (C=O) groups is 2. The summed E-state index contributed by atoms with van der Waals surface area (Å²) in [7, 11) is 0. The maximum atomic E-state index is 12.5. The van der Waals surface area contributed by atoms with Crippen LogP contribution in [0.1, 0.15) is 6.42 Å². The van der Waals surface area contributed by atoms with Crippen molar-refractivity contribution in [2.75, 3.05) is 10.2 Å². The number of carbonyl (C=O) groups excluding carboxylic acids is 2. The molecule has 0 bridgehead atoms. The second kappa shape index (κ2) is 6.10. The summed E-state index contributed by atoms with van der Waals surface area (Å²) in [6, 6.07) is 13.6. The van der Waals surface area contributed by atoms with E-state index in [9.17, 15) is 9.59 Å². The summed E-state index contributed by atoms with van der Waals surface area (Å²) < 4.78 is 0.847. The Balaban J connectivity index is 1.82. The van der Waals surface area contributed by atoms with E-state index in [-0.39, 0.29) is 18.2 Å². The fourth-order valence-corrected chi connectivity index (χ4v) is 2.90. The number of hydrogen-bond acceptors (Lipinski definition) is 3. The number of rotatable bonds is 3. The lowest BCUT2D eigenvalue weighted by Gasteiger charge is -2.16. The zero-order chi connectivity index (χ0) is 15.7. The van der Waals surface area contributed by atoms with E-state index in [1.54, 1.807) is 24.3 Å². The van der Waals surface area contributed by atoms with Crippen LogP contribution in [-0.4, -0.2) is 17.9 Å². The van der Waals surface area contributed by atoms with Gasteiger partial charge in [-0.2, -0.15) is 0 Å². The smallest absolute Gasteiger partial charge is 0.256 e. The molecule has 0 aliphatic carbocycles. The van der Waals surface area contributed by atoms with Gasteiger partial charge in [0.25, 0.3) is 5.91 Å². The average molecular weight is 380 g/mol. The molecule has 0 spiro atoms. The number of imide groups is 1. The third-order valence-corrected chi connectivity index (χ3v) is 4.38. The highest BCUT2D eigenvalue weighted by Gasteiger charge is 2.39. The molecule has 1 fully saturated rings. The molecule has 1 heterocycles. The van der Waals surface area contributed by atoms with Gasteiger partial charge in [-0.25, -0.2) is 4.90 Å². The van der Waals surface area contributed by atoms with Gasteiger partial charge in [-0.3, -0.25) is 9.59 Å². The van der Waals surface area contributed by atoms with Crippen LogP contribution in [0.25, 0.3) is 0 Å². The van der Waals surface area contributed by atoms with E-state index in [1.165, 1.54) is 4.90 Å².